The normalized spacial score (nSPS) is 14.3. The summed E-state index contributed by atoms with van der Waals surface area (Å²) in [6, 6.07) is 8.92. The molecule has 1 aromatic rings. The summed E-state index contributed by atoms with van der Waals surface area (Å²) >= 11 is 0. The molecule has 20 heavy (non-hydrogen) atoms. The van der Waals surface area contributed by atoms with Crippen molar-refractivity contribution in [2.75, 3.05) is 41.0 Å². The molecule has 0 saturated heterocycles. The van der Waals surface area contributed by atoms with Crippen molar-refractivity contribution in [2.24, 2.45) is 0 Å². The first-order valence-corrected chi connectivity index (χ1v) is 7.23. The lowest BCUT2D eigenvalue weighted by molar-refractivity contribution is 0.102. The number of benzene rings is 1. The Morgan fingerprint density at radius 2 is 1.90 bits per heavy atom. The Hall–Kier alpha value is -1.10. The smallest absolute Gasteiger partial charge is 0.118 e. The Labute approximate surface area is 123 Å². The predicted molar refractivity (Wildman–Crippen MR) is 83.4 cm³/mol. The molecule has 0 aromatic heterocycles. The number of rotatable bonds is 9. The Kier molecular flexibility index (Phi) is 7.59. The van der Waals surface area contributed by atoms with E-state index in [1.165, 1.54) is 5.56 Å². The van der Waals surface area contributed by atoms with Gasteiger partial charge >= 0.3 is 0 Å². The molecule has 1 N–H and O–H groups in total. The molecule has 0 bridgehead atoms. The number of nitrogens with zero attached hydrogens (tertiary/aromatic N) is 1. The molecule has 2 unspecified atom stereocenters. The topological polar surface area (TPSA) is 33.7 Å². The van der Waals surface area contributed by atoms with E-state index in [4.69, 9.17) is 9.47 Å². The molecular formula is C16H28N2O2. The number of hydrogen-bond donors (Lipinski definition) is 1. The molecule has 4 heteroatoms. The van der Waals surface area contributed by atoms with Crippen LogP contribution >= 0.6 is 0 Å². The van der Waals surface area contributed by atoms with Crippen molar-refractivity contribution >= 4 is 0 Å². The fourth-order valence-corrected chi connectivity index (χ4v) is 2.31. The maximum Gasteiger partial charge on any atom is 0.118 e. The maximum atomic E-state index is 5.43. The van der Waals surface area contributed by atoms with Gasteiger partial charge in [-0.2, -0.15) is 0 Å². The van der Waals surface area contributed by atoms with Gasteiger partial charge in [-0.3, -0.25) is 4.90 Å². The molecule has 4 nitrogen and oxygen atoms in total. The number of nitrogens with one attached hydrogen (secondary N) is 1. The molecule has 0 radical (unpaired) electrons. The zero-order valence-corrected chi connectivity index (χ0v) is 13.3. The van der Waals surface area contributed by atoms with Crippen molar-refractivity contribution < 1.29 is 9.47 Å². The summed E-state index contributed by atoms with van der Waals surface area (Å²) in [5.74, 6) is 0.890. The van der Waals surface area contributed by atoms with Crippen LogP contribution in [0.5, 0.6) is 5.75 Å². The average Bonchev–Trinajstić information content (AvgIpc) is 2.48. The summed E-state index contributed by atoms with van der Waals surface area (Å²) in [6.07, 6.45) is 0. The lowest BCUT2D eigenvalue weighted by Gasteiger charge is -2.32. The molecule has 0 spiro atoms. The van der Waals surface area contributed by atoms with Gasteiger partial charge in [-0.15, -0.1) is 0 Å². The molecule has 0 heterocycles. The summed E-state index contributed by atoms with van der Waals surface area (Å²) in [5, 5.41) is 3.40. The molecule has 1 rings (SSSR count). The average molecular weight is 280 g/mol. The third kappa shape index (κ3) is 4.78. The van der Waals surface area contributed by atoms with Crippen molar-refractivity contribution in [3.8, 4) is 5.75 Å². The van der Waals surface area contributed by atoms with Crippen molar-refractivity contribution in [1.29, 1.82) is 0 Å². The van der Waals surface area contributed by atoms with Crippen molar-refractivity contribution in [3.63, 3.8) is 0 Å². The summed E-state index contributed by atoms with van der Waals surface area (Å²) in [6.45, 7) is 6.74. The molecule has 0 amide bonds. The van der Waals surface area contributed by atoms with E-state index in [-0.39, 0.29) is 6.04 Å². The summed E-state index contributed by atoms with van der Waals surface area (Å²) in [5.41, 5.74) is 1.27. The van der Waals surface area contributed by atoms with Gasteiger partial charge in [0.1, 0.15) is 5.75 Å². The van der Waals surface area contributed by atoms with Crippen LogP contribution in [0, 0.1) is 0 Å². The van der Waals surface area contributed by atoms with Crippen LogP contribution in [0.1, 0.15) is 25.5 Å². The van der Waals surface area contributed by atoms with Gasteiger partial charge in [0.25, 0.3) is 0 Å². The predicted octanol–water partition coefficient (Wildman–Crippen LogP) is 2.31. The van der Waals surface area contributed by atoms with Crippen LogP contribution in [0.15, 0.2) is 24.3 Å². The van der Waals surface area contributed by atoms with Gasteiger partial charge in [0.15, 0.2) is 0 Å². The number of methoxy groups -OCH3 is 1. The van der Waals surface area contributed by atoms with Crippen molar-refractivity contribution in [1.82, 2.24) is 10.2 Å². The zero-order valence-electron chi connectivity index (χ0n) is 13.3. The summed E-state index contributed by atoms with van der Waals surface area (Å²) < 4.78 is 10.6. The minimum atomic E-state index is 0.285. The largest absolute Gasteiger partial charge is 0.497 e. The van der Waals surface area contributed by atoms with Gasteiger partial charge in [0.2, 0.25) is 0 Å². The fourth-order valence-electron chi connectivity index (χ4n) is 2.31. The molecular weight excluding hydrogens is 252 g/mol. The minimum absolute atomic E-state index is 0.285. The van der Waals surface area contributed by atoms with Gasteiger partial charge in [-0.25, -0.2) is 0 Å². The molecule has 0 aliphatic heterocycles. The fraction of sp³-hybridized carbons (Fsp3) is 0.625. The SMILES string of the molecule is CCOCCN(C)C(C)C(NC)c1ccc(OC)cc1. The Morgan fingerprint density at radius 1 is 1.25 bits per heavy atom. The van der Waals surface area contributed by atoms with Crippen molar-refractivity contribution in [2.45, 2.75) is 25.9 Å². The highest BCUT2D eigenvalue weighted by molar-refractivity contribution is 5.29. The molecule has 114 valence electrons. The molecule has 1 aromatic carbocycles. The van der Waals surface area contributed by atoms with Gasteiger partial charge in [0, 0.05) is 25.2 Å². The highest BCUT2D eigenvalue weighted by Crippen LogP contribution is 2.22. The first-order valence-electron chi connectivity index (χ1n) is 7.23. The van der Waals surface area contributed by atoms with Crippen LogP contribution < -0.4 is 10.1 Å². The molecule has 0 aliphatic rings. The summed E-state index contributed by atoms with van der Waals surface area (Å²) in [4.78, 5) is 2.32. The van der Waals surface area contributed by atoms with E-state index in [2.05, 4.69) is 36.3 Å². The molecule has 2 atom stereocenters. The molecule has 0 aliphatic carbocycles. The lowest BCUT2D eigenvalue weighted by Crippen LogP contribution is -2.41. The van der Waals surface area contributed by atoms with Crippen LogP contribution in [0.25, 0.3) is 0 Å². The quantitative estimate of drug-likeness (QED) is 0.704. The highest BCUT2D eigenvalue weighted by atomic mass is 16.5. The van der Waals surface area contributed by atoms with Crippen LogP contribution in [0.3, 0.4) is 0 Å². The van der Waals surface area contributed by atoms with Crippen LogP contribution in [0.2, 0.25) is 0 Å². The second kappa shape index (κ2) is 8.95. The molecule has 0 saturated carbocycles. The van der Waals surface area contributed by atoms with E-state index in [0.717, 1.165) is 25.5 Å². The van der Waals surface area contributed by atoms with Gasteiger partial charge in [0.05, 0.1) is 13.7 Å². The number of hydrogen-bond acceptors (Lipinski definition) is 4. The van der Waals surface area contributed by atoms with Gasteiger partial charge < -0.3 is 14.8 Å². The Bertz CT molecular complexity index is 367. The van der Waals surface area contributed by atoms with Crippen LogP contribution in [0.4, 0.5) is 0 Å². The van der Waals surface area contributed by atoms with Crippen LogP contribution in [-0.2, 0) is 4.74 Å². The number of ether oxygens (including phenoxy) is 2. The highest BCUT2D eigenvalue weighted by Gasteiger charge is 2.21. The van der Waals surface area contributed by atoms with E-state index in [1.807, 2.05) is 26.1 Å². The monoisotopic (exact) mass is 280 g/mol. The first-order chi connectivity index (χ1) is 9.63. The first kappa shape index (κ1) is 17.0. The van der Waals surface area contributed by atoms with Gasteiger partial charge in [-0.1, -0.05) is 12.1 Å². The van der Waals surface area contributed by atoms with E-state index in [0.29, 0.717) is 6.04 Å². The third-order valence-electron chi connectivity index (χ3n) is 3.76. The van der Waals surface area contributed by atoms with Crippen molar-refractivity contribution in [3.05, 3.63) is 29.8 Å². The third-order valence-corrected chi connectivity index (χ3v) is 3.76. The zero-order chi connectivity index (χ0) is 15.0. The molecule has 0 fully saturated rings. The second-order valence-electron chi connectivity index (χ2n) is 4.96. The second-order valence-corrected chi connectivity index (χ2v) is 4.96. The minimum Gasteiger partial charge on any atom is -0.497 e. The summed E-state index contributed by atoms with van der Waals surface area (Å²) in [7, 11) is 5.83. The van der Waals surface area contributed by atoms with E-state index in [9.17, 15) is 0 Å². The Balaban J connectivity index is 2.67. The standard InChI is InChI=1S/C16H28N2O2/c1-6-20-12-11-18(4)13(2)16(17-3)14-7-9-15(19-5)10-8-14/h7-10,13,16-17H,6,11-12H2,1-5H3. The van der Waals surface area contributed by atoms with Crippen LogP contribution in [-0.4, -0.2) is 51.9 Å². The Morgan fingerprint density at radius 3 is 2.40 bits per heavy atom. The van der Waals surface area contributed by atoms with Gasteiger partial charge in [-0.05, 0) is 45.6 Å². The maximum absolute atomic E-state index is 5.43. The number of likely N-dealkylation sites (N-methyl/N-ethyl adjacent to an activating group) is 2. The van der Waals surface area contributed by atoms with E-state index < -0.39 is 0 Å². The van der Waals surface area contributed by atoms with E-state index >= 15 is 0 Å². The van der Waals surface area contributed by atoms with E-state index in [1.54, 1.807) is 7.11 Å². The lowest BCUT2D eigenvalue weighted by atomic mass is 9.99.